The standard InChI is InChI=1S/C34H64O2/c1-3-5-7-9-11-13-15-17-19-20-22-24-26-28-30-32-34(35)36-33-31-29-27-25-23-21-18-16-14-12-10-8-6-4-2/h13-16H,3-12,17-33H2,1-2H3/b15-13+,16-14-. The molecule has 0 saturated heterocycles. The van der Waals surface area contributed by atoms with Crippen LogP contribution < -0.4 is 0 Å². The van der Waals surface area contributed by atoms with Crippen molar-refractivity contribution in [2.24, 2.45) is 0 Å². The molecule has 2 nitrogen and oxygen atoms in total. The van der Waals surface area contributed by atoms with Gasteiger partial charge in [0.25, 0.3) is 0 Å². The SMILES string of the molecule is CCCCCC/C=C\CCCCCCCCOC(=O)CCCCCCCCC/C=C/CCCCCC. The van der Waals surface area contributed by atoms with E-state index in [0.717, 1.165) is 12.8 Å². The van der Waals surface area contributed by atoms with Crippen LogP contribution in [0.4, 0.5) is 0 Å². The Hall–Kier alpha value is -1.05. The lowest BCUT2D eigenvalue weighted by atomic mass is 10.1. The molecule has 0 N–H and O–H groups in total. The number of carbonyl (C=O) groups excluding carboxylic acids is 1. The number of rotatable bonds is 29. The Kier molecular flexibility index (Phi) is 31.0. The van der Waals surface area contributed by atoms with Gasteiger partial charge in [-0.1, -0.05) is 134 Å². The first-order valence-corrected chi connectivity index (χ1v) is 16.3. The second kappa shape index (κ2) is 32.0. The molecule has 0 atom stereocenters. The van der Waals surface area contributed by atoms with Crippen LogP contribution in [0.3, 0.4) is 0 Å². The van der Waals surface area contributed by atoms with Crippen molar-refractivity contribution in [2.45, 2.75) is 181 Å². The van der Waals surface area contributed by atoms with E-state index in [-0.39, 0.29) is 5.97 Å². The van der Waals surface area contributed by atoms with E-state index in [1.54, 1.807) is 0 Å². The summed E-state index contributed by atoms with van der Waals surface area (Å²) in [6.07, 6.45) is 42.2. The van der Waals surface area contributed by atoms with Crippen molar-refractivity contribution in [3.8, 4) is 0 Å². The fraction of sp³-hybridized carbons (Fsp3) is 0.853. The molecule has 0 amide bonds. The van der Waals surface area contributed by atoms with Crippen LogP contribution in [0.2, 0.25) is 0 Å². The molecular weight excluding hydrogens is 440 g/mol. The van der Waals surface area contributed by atoms with Gasteiger partial charge in [0.15, 0.2) is 0 Å². The smallest absolute Gasteiger partial charge is 0.305 e. The number of ether oxygens (including phenoxy) is 1. The lowest BCUT2D eigenvalue weighted by molar-refractivity contribution is -0.143. The third-order valence-corrected chi connectivity index (χ3v) is 7.06. The molecule has 0 aliphatic carbocycles. The van der Waals surface area contributed by atoms with Gasteiger partial charge >= 0.3 is 5.97 Å². The molecule has 0 aromatic carbocycles. The number of allylic oxidation sites excluding steroid dienone is 4. The molecule has 0 bridgehead atoms. The number of carbonyl (C=O) groups is 1. The highest BCUT2D eigenvalue weighted by Gasteiger charge is 2.02. The van der Waals surface area contributed by atoms with Crippen LogP contribution in [0.15, 0.2) is 24.3 Å². The largest absolute Gasteiger partial charge is 0.466 e. The van der Waals surface area contributed by atoms with Crippen LogP contribution in [-0.2, 0) is 9.53 Å². The van der Waals surface area contributed by atoms with E-state index in [4.69, 9.17) is 4.74 Å². The molecule has 0 radical (unpaired) electrons. The summed E-state index contributed by atoms with van der Waals surface area (Å²) in [4.78, 5) is 11.9. The van der Waals surface area contributed by atoms with Gasteiger partial charge in [-0.2, -0.15) is 0 Å². The van der Waals surface area contributed by atoms with Crippen molar-refractivity contribution in [3.63, 3.8) is 0 Å². The highest BCUT2D eigenvalue weighted by atomic mass is 16.5. The zero-order valence-electron chi connectivity index (χ0n) is 24.7. The normalized spacial score (nSPS) is 11.7. The Morgan fingerprint density at radius 1 is 0.444 bits per heavy atom. The van der Waals surface area contributed by atoms with Crippen molar-refractivity contribution in [3.05, 3.63) is 24.3 Å². The first-order chi connectivity index (χ1) is 17.8. The minimum atomic E-state index is 0.0120. The van der Waals surface area contributed by atoms with Gasteiger partial charge < -0.3 is 4.74 Å². The Labute approximate surface area is 227 Å². The van der Waals surface area contributed by atoms with Gasteiger partial charge in [-0.3, -0.25) is 4.79 Å². The molecule has 2 heteroatoms. The molecule has 0 rings (SSSR count). The van der Waals surface area contributed by atoms with Crippen molar-refractivity contribution < 1.29 is 9.53 Å². The summed E-state index contributed by atoms with van der Waals surface area (Å²) in [7, 11) is 0. The van der Waals surface area contributed by atoms with Gasteiger partial charge in [-0.25, -0.2) is 0 Å². The van der Waals surface area contributed by atoms with E-state index in [2.05, 4.69) is 38.2 Å². The van der Waals surface area contributed by atoms with E-state index in [9.17, 15) is 4.79 Å². The van der Waals surface area contributed by atoms with Crippen LogP contribution in [0, 0.1) is 0 Å². The molecule has 0 spiro atoms. The van der Waals surface area contributed by atoms with Gasteiger partial charge in [-0.15, -0.1) is 0 Å². The fourth-order valence-corrected chi connectivity index (χ4v) is 4.59. The van der Waals surface area contributed by atoms with E-state index < -0.39 is 0 Å². The Bertz CT molecular complexity index is 438. The number of esters is 1. The Morgan fingerprint density at radius 3 is 1.19 bits per heavy atom. The van der Waals surface area contributed by atoms with Crippen LogP contribution in [0.1, 0.15) is 181 Å². The number of hydrogen-bond acceptors (Lipinski definition) is 2. The van der Waals surface area contributed by atoms with Gasteiger partial charge in [0.2, 0.25) is 0 Å². The quantitative estimate of drug-likeness (QED) is 0.0575. The summed E-state index contributed by atoms with van der Waals surface area (Å²) in [6, 6.07) is 0. The Balaban J connectivity index is 3.22. The molecule has 0 aliphatic heterocycles. The molecule has 0 unspecified atom stereocenters. The third-order valence-electron chi connectivity index (χ3n) is 7.06. The fourth-order valence-electron chi connectivity index (χ4n) is 4.59. The summed E-state index contributed by atoms with van der Waals surface area (Å²) >= 11 is 0. The van der Waals surface area contributed by atoms with Crippen molar-refractivity contribution in [1.29, 1.82) is 0 Å². The Morgan fingerprint density at radius 2 is 0.778 bits per heavy atom. The first kappa shape index (κ1) is 35.0. The summed E-state index contributed by atoms with van der Waals surface area (Å²) in [6.45, 7) is 5.15. The van der Waals surface area contributed by atoms with Crippen LogP contribution in [0.5, 0.6) is 0 Å². The van der Waals surface area contributed by atoms with Gasteiger partial charge in [0.1, 0.15) is 0 Å². The topological polar surface area (TPSA) is 26.3 Å². The van der Waals surface area contributed by atoms with Crippen molar-refractivity contribution in [1.82, 2.24) is 0 Å². The molecule has 0 saturated carbocycles. The first-order valence-electron chi connectivity index (χ1n) is 16.3. The predicted molar refractivity (Wildman–Crippen MR) is 161 cm³/mol. The molecular formula is C34H64O2. The zero-order chi connectivity index (χ0) is 26.2. The predicted octanol–water partition coefficient (Wildman–Crippen LogP) is 11.8. The minimum Gasteiger partial charge on any atom is -0.466 e. The summed E-state index contributed by atoms with van der Waals surface area (Å²) < 4.78 is 5.41. The second-order valence-electron chi connectivity index (χ2n) is 10.8. The van der Waals surface area contributed by atoms with Gasteiger partial charge in [-0.05, 0) is 64.2 Å². The lowest BCUT2D eigenvalue weighted by Crippen LogP contribution is -2.05. The molecule has 0 aliphatic rings. The lowest BCUT2D eigenvalue weighted by Gasteiger charge is -2.05. The van der Waals surface area contributed by atoms with Gasteiger partial charge in [0, 0.05) is 6.42 Å². The molecule has 212 valence electrons. The second-order valence-corrected chi connectivity index (χ2v) is 10.8. The summed E-state index contributed by atoms with van der Waals surface area (Å²) in [5.41, 5.74) is 0. The van der Waals surface area contributed by atoms with E-state index >= 15 is 0 Å². The maximum atomic E-state index is 11.9. The zero-order valence-corrected chi connectivity index (χ0v) is 24.7. The average molecular weight is 505 g/mol. The van der Waals surface area contributed by atoms with E-state index in [1.165, 1.54) is 148 Å². The summed E-state index contributed by atoms with van der Waals surface area (Å²) in [5.74, 6) is 0.0120. The molecule has 0 fully saturated rings. The van der Waals surface area contributed by atoms with Gasteiger partial charge in [0.05, 0.1) is 6.61 Å². The monoisotopic (exact) mass is 504 g/mol. The molecule has 36 heavy (non-hydrogen) atoms. The number of hydrogen-bond donors (Lipinski definition) is 0. The van der Waals surface area contributed by atoms with E-state index in [0.29, 0.717) is 13.0 Å². The van der Waals surface area contributed by atoms with Crippen LogP contribution in [-0.4, -0.2) is 12.6 Å². The maximum absolute atomic E-state index is 11.9. The van der Waals surface area contributed by atoms with Crippen LogP contribution in [0.25, 0.3) is 0 Å². The highest BCUT2D eigenvalue weighted by molar-refractivity contribution is 5.69. The average Bonchev–Trinajstić information content (AvgIpc) is 2.88. The minimum absolute atomic E-state index is 0.0120. The van der Waals surface area contributed by atoms with Crippen molar-refractivity contribution in [2.75, 3.05) is 6.61 Å². The van der Waals surface area contributed by atoms with Crippen molar-refractivity contribution >= 4 is 5.97 Å². The molecule has 0 aromatic rings. The number of unbranched alkanes of at least 4 members (excludes halogenated alkanes) is 21. The maximum Gasteiger partial charge on any atom is 0.305 e. The molecule has 0 heterocycles. The van der Waals surface area contributed by atoms with Crippen LogP contribution >= 0.6 is 0 Å². The van der Waals surface area contributed by atoms with E-state index in [1.807, 2.05) is 0 Å². The molecule has 0 aromatic heterocycles. The third kappa shape index (κ3) is 31.0. The highest BCUT2D eigenvalue weighted by Crippen LogP contribution is 2.12. The summed E-state index contributed by atoms with van der Waals surface area (Å²) in [5, 5.41) is 0.